The molecule has 0 atom stereocenters. The van der Waals surface area contributed by atoms with Gasteiger partial charge in [0, 0.05) is 71.6 Å². The molecule has 0 amide bonds. The van der Waals surface area contributed by atoms with Crippen molar-refractivity contribution < 1.29 is 8.78 Å². The van der Waals surface area contributed by atoms with Gasteiger partial charge in [0.05, 0.1) is 11.4 Å². The van der Waals surface area contributed by atoms with E-state index < -0.39 is 5.92 Å². The molecule has 0 saturated heterocycles. The number of rotatable bonds is 9. The van der Waals surface area contributed by atoms with E-state index in [0.717, 1.165) is 115 Å². The van der Waals surface area contributed by atoms with E-state index in [1.807, 2.05) is 18.2 Å². The van der Waals surface area contributed by atoms with Crippen LogP contribution < -0.4 is 9.80 Å². The summed E-state index contributed by atoms with van der Waals surface area (Å²) in [5.74, 6) is -2.98. The Balaban J connectivity index is 1.20. The maximum Gasteiger partial charge on any atom is 0.270 e. The Morgan fingerprint density at radius 2 is 0.905 bits per heavy atom. The Hall–Kier alpha value is -7.60. The van der Waals surface area contributed by atoms with Crippen LogP contribution in [0, 0.1) is 0 Å². The van der Waals surface area contributed by atoms with Crippen molar-refractivity contribution in [3.05, 3.63) is 218 Å². The maximum absolute atomic E-state index is 15.0. The van der Waals surface area contributed by atoms with Gasteiger partial charge in [-0.3, -0.25) is 0 Å². The predicted octanol–water partition coefficient (Wildman–Crippen LogP) is 18.0. The molecule has 0 aliphatic heterocycles. The number of hydrogen-bond acceptors (Lipinski definition) is 3. The van der Waals surface area contributed by atoms with Crippen LogP contribution in [0.4, 0.5) is 42.9 Å². The third-order valence-corrected chi connectivity index (χ3v) is 13.5. The Labute approximate surface area is 368 Å². The Kier molecular flexibility index (Phi) is 9.18. The van der Waals surface area contributed by atoms with Crippen molar-refractivity contribution in [1.82, 2.24) is 0 Å². The summed E-state index contributed by atoms with van der Waals surface area (Å²) in [7, 11) is 0. The fraction of sp³-hybridized carbons (Fsp3) is 0.0345. The van der Waals surface area contributed by atoms with Crippen molar-refractivity contribution in [1.29, 1.82) is 0 Å². The van der Waals surface area contributed by atoms with Gasteiger partial charge in [-0.1, -0.05) is 147 Å². The van der Waals surface area contributed by atoms with E-state index in [2.05, 4.69) is 193 Å². The van der Waals surface area contributed by atoms with Crippen molar-refractivity contribution >= 4 is 121 Å². The fourth-order valence-corrected chi connectivity index (χ4v) is 10.5. The number of thiophene rings is 1. The molecule has 0 spiro atoms. The number of anilines is 6. The zero-order valence-corrected chi connectivity index (χ0v) is 35.3. The van der Waals surface area contributed by atoms with Gasteiger partial charge in [-0.15, -0.1) is 11.3 Å². The van der Waals surface area contributed by atoms with Gasteiger partial charge >= 0.3 is 0 Å². The van der Waals surface area contributed by atoms with Crippen LogP contribution in [0.2, 0.25) is 0 Å². The molecule has 1 heterocycles. The molecule has 0 unspecified atom stereocenters. The number of benzene rings is 10. The van der Waals surface area contributed by atoms with E-state index in [1.165, 1.54) is 0 Å². The first-order valence-corrected chi connectivity index (χ1v) is 21.8. The molecule has 0 radical (unpaired) electrons. The van der Waals surface area contributed by atoms with Gasteiger partial charge in [-0.25, -0.2) is 8.78 Å². The summed E-state index contributed by atoms with van der Waals surface area (Å²) >= 11 is 1.58. The summed E-state index contributed by atoms with van der Waals surface area (Å²) in [6.45, 7) is 8.95. The first-order chi connectivity index (χ1) is 30.8. The number of nitrogens with zero attached hydrogens (tertiary/aromatic N) is 2. The third kappa shape index (κ3) is 6.52. The highest BCUT2D eigenvalue weighted by Gasteiger charge is 2.26. The molecule has 0 aliphatic rings. The van der Waals surface area contributed by atoms with Crippen LogP contribution in [-0.4, -0.2) is 0 Å². The van der Waals surface area contributed by atoms with E-state index in [1.54, 1.807) is 23.5 Å². The standard InChI is InChI=1S/C58H40F2N2S/c1-4-37-20-25-42(26-21-37)61(53-18-10-14-39-12-6-8-16-46(39)53)44-29-32-48-49-33-30-45(36-52(49)57-56(51(48)35-44)50-31-24-41(58(3,59)60)34-55(50)63-57)62(43-27-22-38(5-2)23-28-43)54-19-11-15-40-13-7-9-17-47(40)54/h4-36H,1-2H2,3H3. The molecule has 0 fully saturated rings. The third-order valence-electron chi connectivity index (χ3n) is 12.3. The molecule has 2 nitrogen and oxygen atoms in total. The number of fused-ring (bicyclic) bond motifs is 10. The zero-order valence-electron chi connectivity index (χ0n) is 34.5. The first-order valence-electron chi connectivity index (χ1n) is 21.0. The molecular weight excluding hydrogens is 795 g/mol. The van der Waals surface area contributed by atoms with Crippen molar-refractivity contribution in [2.24, 2.45) is 0 Å². The number of alkyl halides is 2. The lowest BCUT2D eigenvalue weighted by atomic mass is 9.95. The molecule has 63 heavy (non-hydrogen) atoms. The maximum atomic E-state index is 15.0. The SMILES string of the molecule is C=Cc1ccc(N(c2ccc3c4ccc(N(c5ccc(C=C)cc5)c5cccc6ccccc56)cc4c4c5ccc(C(C)(F)F)cc5sc4c3c2)c2cccc3ccccc23)cc1. The van der Waals surface area contributed by atoms with E-state index in [-0.39, 0.29) is 5.56 Å². The van der Waals surface area contributed by atoms with Crippen molar-refractivity contribution in [3.63, 3.8) is 0 Å². The second-order valence-corrected chi connectivity index (χ2v) is 17.2. The molecule has 11 rings (SSSR count). The van der Waals surface area contributed by atoms with Crippen molar-refractivity contribution in [3.8, 4) is 0 Å². The van der Waals surface area contributed by atoms with Crippen LogP contribution in [0.3, 0.4) is 0 Å². The van der Waals surface area contributed by atoms with Crippen LogP contribution in [-0.2, 0) is 5.92 Å². The molecule has 5 heteroatoms. The molecule has 0 aliphatic carbocycles. The number of halogens is 2. The normalized spacial score (nSPS) is 11.9. The average Bonchev–Trinajstić information content (AvgIpc) is 3.72. The van der Waals surface area contributed by atoms with E-state index >= 15 is 0 Å². The molecule has 302 valence electrons. The van der Waals surface area contributed by atoms with Gasteiger partial charge in [0.1, 0.15) is 0 Å². The van der Waals surface area contributed by atoms with Gasteiger partial charge in [-0.05, 0) is 105 Å². The van der Waals surface area contributed by atoms with Gasteiger partial charge in [0.2, 0.25) is 0 Å². The van der Waals surface area contributed by atoms with Gasteiger partial charge in [0.25, 0.3) is 5.92 Å². The first kappa shape index (κ1) is 38.3. The smallest absolute Gasteiger partial charge is 0.270 e. The largest absolute Gasteiger partial charge is 0.310 e. The fourth-order valence-electron chi connectivity index (χ4n) is 9.21. The second-order valence-electron chi connectivity index (χ2n) is 16.1. The highest BCUT2D eigenvalue weighted by Crippen LogP contribution is 2.49. The van der Waals surface area contributed by atoms with Crippen molar-refractivity contribution in [2.45, 2.75) is 12.8 Å². The van der Waals surface area contributed by atoms with Crippen LogP contribution in [0.15, 0.2) is 201 Å². The van der Waals surface area contributed by atoms with Crippen molar-refractivity contribution in [2.75, 3.05) is 9.80 Å². The van der Waals surface area contributed by atoms with Crippen LogP contribution in [0.1, 0.15) is 23.6 Å². The minimum absolute atomic E-state index is 0.00625. The lowest BCUT2D eigenvalue weighted by Gasteiger charge is -2.28. The quantitative estimate of drug-likeness (QED) is 0.134. The summed E-state index contributed by atoms with van der Waals surface area (Å²) in [6.07, 6.45) is 3.72. The molecule has 0 saturated carbocycles. The average molecular weight is 835 g/mol. The molecule has 11 aromatic rings. The molecule has 1 aromatic heterocycles. The monoisotopic (exact) mass is 834 g/mol. The van der Waals surface area contributed by atoms with Crippen LogP contribution in [0.25, 0.3) is 75.4 Å². The van der Waals surface area contributed by atoms with Crippen LogP contribution >= 0.6 is 11.3 Å². The van der Waals surface area contributed by atoms with E-state index in [4.69, 9.17) is 0 Å². The summed E-state index contributed by atoms with van der Waals surface area (Å²) in [4.78, 5) is 4.63. The second kappa shape index (κ2) is 15.1. The van der Waals surface area contributed by atoms with Crippen LogP contribution in [0.5, 0.6) is 0 Å². The highest BCUT2D eigenvalue weighted by molar-refractivity contribution is 7.27. The topological polar surface area (TPSA) is 6.48 Å². The lowest BCUT2D eigenvalue weighted by molar-refractivity contribution is 0.0176. The molecular formula is C58H40F2N2S. The Morgan fingerprint density at radius 3 is 1.43 bits per heavy atom. The summed E-state index contributed by atoms with van der Waals surface area (Å²) < 4.78 is 31.8. The van der Waals surface area contributed by atoms with Gasteiger partial charge < -0.3 is 9.80 Å². The van der Waals surface area contributed by atoms with E-state index in [0.29, 0.717) is 0 Å². The minimum Gasteiger partial charge on any atom is -0.310 e. The summed E-state index contributed by atoms with van der Waals surface area (Å²) in [5.41, 5.74) is 8.20. The number of hydrogen-bond donors (Lipinski definition) is 0. The van der Waals surface area contributed by atoms with Gasteiger partial charge in [0.15, 0.2) is 0 Å². The van der Waals surface area contributed by atoms with Gasteiger partial charge in [-0.2, -0.15) is 0 Å². The Bertz CT molecular complexity index is 3590. The Morgan fingerprint density at radius 1 is 0.444 bits per heavy atom. The minimum atomic E-state index is -2.98. The van der Waals surface area contributed by atoms with E-state index in [9.17, 15) is 8.78 Å². The molecule has 10 aromatic carbocycles. The lowest BCUT2D eigenvalue weighted by Crippen LogP contribution is -2.11. The summed E-state index contributed by atoms with van der Waals surface area (Å²) in [5, 5.41) is 10.9. The highest BCUT2D eigenvalue weighted by atomic mass is 32.1. The zero-order chi connectivity index (χ0) is 42.8. The predicted molar refractivity (Wildman–Crippen MR) is 268 cm³/mol. The molecule has 0 bridgehead atoms. The summed E-state index contributed by atoms with van der Waals surface area (Å²) in [6, 6.07) is 65.3. The molecule has 0 N–H and O–H groups in total.